The first kappa shape index (κ1) is 15.6. The molecule has 0 aliphatic carbocycles. The van der Waals surface area contributed by atoms with Gasteiger partial charge >= 0.3 is 5.97 Å². The number of hydrogen-bond acceptors (Lipinski definition) is 3. The molecule has 0 atom stereocenters. The number of carboxylic acids is 1. The van der Waals surface area contributed by atoms with Crippen LogP contribution in [0.5, 0.6) is 0 Å². The van der Waals surface area contributed by atoms with E-state index in [-0.39, 0.29) is 0 Å². The highest BCUT2D eigenvalue weighted by atomic mass is 16.4. The van der Waals surface area contributed by atoms with Gasteiger partial charge in [0.2, 0.25) is 0 Å². The highest BCUT2D eigenvalue weighted by Gasteiger charge is 2.21. The van der Waals surface area contributed by atoms with Gasteiger partial charge in [0, 0.05) is 37.9 Å². The van der Waals surface area contributed by atoms with Crippen molar-refractivity contribution < 1.29 is 9.90 Å². The fourth-order valence-corrected chi connectivity index (χ4v) is 2.82. The van der Waals surface area contributed by atoms with Crippen LogP contribution in [-0.2, 0) is 4.79 Å². The first-order valence-electron chi connectivity index (χ1n) is 7.56. The summed E-state index contributed by atoms with van der Waals surface area (Å²) in [5.74, 6) is -0.918. The standard InChI is InChI=1S/C17H24N2O2/c1-3-19-12-10-16(11-13-19)18(2)15-7-4-14(5-8-15)6-9-17(20)21/h4-9,16H,3,10-13H2,1-2H3,(H,20,21). The Hall–Kier alpha value is -1.81. The third-order valence-corrected chi connectivity index (χ3v) is 4.27. The number of likely N-dealkylation sites (tertiary alicyclic amines) is 1. The van der Waals surface area contributed by atoms with E-state index in [9.17, 15) is 4.79 Å². The smallest absolute Gasteiger partial charge is 0.328 e. The Morgan fingerprint density at radius 3 is 2.48 bits per heavy atom. The van der Waals surface area contributed by atoms with Gasteiger partial charge in [-0.3, -0.25) is 0 Å². The van der Waals surface area contributed by atoms with Crippen molar-refractivity contribution in [2.24, 2.45) is 0 Å². The lowest BCUT2D eigenvalue weighted by molar-refractivity contribution is -0.131. The molecule has 0 amide bonds. The molecule has 4 heteroatoms. The molecule has 1 aliphatic heterocycles. The van der Waals surface area contributed by atoms with E-state index in [0.717, 1.165) is 12.1 Å². The molecule has 1 aromatic rings. The maximum Gasteiger partial charge on any atom is 0.328 e. The molecule has 0 spiro atoms. The van der Waals surface area contributed by atoms with E-state index in [2.05, 4.69) is 35.9 Å². The second kappa shape index (κ2) is 7.27. The number of benzene rings is 1. The summed E-state index contributed by atoms with van der Waals surface area (Å²) in [6, 6.07) is 8.65. The molecule has 1 N–H and O–H groups in total. The maximum absolute atomic E-state index is 10.5. The van der Waals surface area contributed by atoms with Gasteiger partial charge in [0.15, 0.2) is 0 Å². The molecule has 1 aromatic carbocycles. The Morgan fingerprint density at radius 1 is 1.33 bits per heavy atom. The first-order valence-corrected chi connectivity index (χ1v) is 7.56. The van der Waals surface area contributed by atoms with Crippen LogP contribution in [0.1, 0.15) is 25.3 Å². The average molecular weight is 288 g/mol. The molecule has 2 rings (SSSR count). The van der Waals surface area contributed by atoms with Crippen LogP contribution < -0.4 is 4.90 Å². The lowest BCUT2D eigenvalue weighted by atomic mass is 10.0. The molecule has 0 radical (unpaired) electrons. The van der Waals surface area contributed by atoms with Crippen LogP contribution in [0, 0.1) is 0 Å². The minimum Gasteiger partial charge on any atom is -0.478 e. The van der Waals surface area contributed by atoms with E-state index in [1.807, 2.05) is 12.1 Å². The van der Waals surface area contributed by atoms with Crippen LogP contribution in [0.25, 0.3) is 6.08 Å². The molecular formula is C17H24N2O2. The molecule has 0 aromatic heterocycles. The Labute approximate surface area is 126 Å². The van der Waals surface area contributed by atoms with Crippen LogP contribution in [0.15, 0.2) is 30.3 Å². The largest absolute Gasteiger partial charge is 0.478 e. The van der Waals surface area contributed by atoms with Gasteiger partial charge in [-0.1, -0.05) is 19.1 Å². The minimum absolute atomic E-state index is 0.591. The van der Waals surface area contributed by atoms with Gasteiger partial charge in [0.05, 0.1) is 0 Å². The van der Waals surface area contributed by atoms with Crippen molar-refractivity contribution in [3.05, 3.63) is 35.9 Å². The van der Waals surface area contributed by atoms with Crippen LogP contribution in [0.2, 0.25) is 0 Å². The summed E-state index contributed by atoms with van der Waals surface area (Å²) < 4.78 is 0. The maximum atomic E-state index is 10.5. The monoisotopic (exact) mass is 288 g/mol. The topological polar surface area (TPSA) is 43.8 Å². The molecular weight excluding hydrogens is 264 g/mol. The molecule has 0 unspecified atom stereocenters. The zero-order chi connectivity index (χ0) is 15.2. The van der Waals surface area contributed by atoms with Crippen LogP contribution in [0.3, 0.4) is 0 Å². The highest BCUT2D eigenvalue weighted by molar-refractivity contribution is 5.85. The average Bonchev–Trinajstić information content (AvgIpc) is 2.53. The van der Waals surface area contributed by atoms with Gasteiger partial charge in [-0.15, -0.1) is 0 Å². The number of rotatable bonds is 5. The number of anilines is 1. The van der Waals surface area contributed by atoms with E-state index in [1.54, 1.807) is 6.08 Å². The molecule has 0 saturated carbocycles. The lowest BCUT2D eigenvalue weighted by Crippen LogP contribution is -2.43. The number of carboxylic acid groups (broad SMARTS) is 1. The van der Waals surface area contributed by atoms with E-state index < -0.39 is 5.97 Å². The van der Waals surface area contributed by atoms with Crippen molar-refractivity contribution in [1.29, 1.82) is 0 Å². The van der Waals surface area contributed by atoms with Gasteiger partial charge in [0.1, 0.15) is 0 Å². The number of aliphatic carboxylic acids is 1. The summed E-state index contributed by atoms with van der Waals surface area (Å²) in [5.41, 5.74) is 2.10. The first-order chi connectivity index (χ1) is 10.1. The quantitative estimate of drug-likeness (QED) is 0.846. The SMILES string of the molecule is CCN1CCC(N(C)c2ccc(C=CC(=O)O)cc2)CC1. The van der Waals surface area contributed by atoms with Crippen LogP contribution in [0.4, 0.5) is 5.69 Å². The summed E-state index contributed by atoms with van der Waals surface area (Å²) in [7, 11) is 2.15. The van der Waals surface area contributed by atoms with Gasteiger partial charge in [0.25, 0.3) is 0 Å². The minimum atomic E-state index is -0.918. The summed E-state index contributed by atoms with van der Waals surface area (Å²) in [6.45, 7) is 5.70. The van der Waals surface area contributed by atoms with Crippen molar-refractivity contribution in [3.8, 4) is 0 Å². The number of piperidine rings is 1. The molecule has 21 heavy (non-hydrogen) atoms. The fourth-order valence-electron chi connectivity index (χ4n) is 2.82. The summed E-state index contributed by atoms with van der Waals surface area (Å²) >= 11 is 0. The van der Waals surface area contributed by atoms with E-state index in [0.29, 0.717) is 6.04 Å². The van der Waals surface area contributed by atoms with Crippen LogP contribution >= 0.6 is 0 Å². The summed E-state index contributed by atoms with van der Waals surface area (Å²) in [4.78, 5) is 15.3. The van der Waals surface area contributed by atoms with E-state index >= 15 is 0 Å². The molecule has 0 bridgehead atoms. The molecule has 4 nitrogen and oxygen atoms in total. The Morgan fingerprint density at radius 2 is 1.95 bits per heavy atom. The van der Waals surface area contributed by atoms with Crippen molar-refractivity contribution in [2.45, 2.75) is 25.8 Å². The van der Waals surface area contributed by atoms with Gasteiger partial charge in [-0.25, -0.2) is 4.79 Å². The number of nitrogens with zero attached hydrogens (tertiary/aromatic N) is 2. The second-order valence-electron chi connectivity index (χ2n) is 5.54. The van der Waals surface area contributed by atoms with Crippen molar-refractivity contribution in [1.82, 2.24) is 4.90 Å². The number of hydrogen-bond donors (Lipinski definition) is 1. The Kier molecular flexibility index (Phi) is 5.39. The normalized spacial score (nSPS) is 17.2. The van der Waals surface area contributed by atoms with Gasteiger partial charge in [-0.05, 0) is 43.2 Å². The zero-order valence-electron chi connectivity index (χ0n) is 12.8. The molecule has 1 saturated heterocycles. The van der Waals surface area contributed by atoms with Crippen molar-refractivity contribution in [2.75, 3.05) is 31.6 Å². The molecule has 1 aliphatic rings. The molecule has 1 heterocycles. The van der Waals surface area contributed by atoms with Crippen molar-refractivity contribution in [3.63, 3.8) is 0 Å². The highest BCUT2D eigenvalue weighted by Crippen LogP contribution is 2.22. The van der Waals surface area contributed by atoms with Crippen molar-refractivity contribution >= 4 is 17.7 Å². The number of carbonyl (C=O) groups is 1. The second-order valence-corrected chi connectivity index (χ2v) is 5.54. The van der Waals surface area contributed by atoms with Gasteiger partial charge in [-0.2, -0.15) is 0 Å². The van der Waals surface area contributed by atoms with Gasteiger partial charge < -0.3 is 14.9 Å². The summed E-state index contributed by atoms with van der Waals surface area (Å²) in [6.07, 6.45) is 5.18. The third-order valence-electron chi connectivity index (χ3n) is 4.27. The van der Waals surface area contributed by atoms with Crippen LogP contribution in [-0.4, -0.2) is 48.7 Å². The summed E-state index contributed by atoms with van der Waals surface area (Å²) in [5, 5.41) is 8.63. The molecule has 114 valence electrons. The predicted octanol–water partition coefficient (Wildman–Crippen LogP) is 2.70. The zero-order valence-corrected chi connectivity index (χ0v) is 12.8. The molecule has 1 fully saturated rings. The third kappa shape index (κ3) is 4.33. The predicted molar refractivity (Wildman–Crippen MR) is 86.7 cm³/mol. The Bertz CT molecular complexity index is 488. The fraction of sp³-hybridized carbons (Fsp3) is 0.471. The Balaban J connectivity index is 1.97. The van der Waals surface area contributed by atoms with E-state index in [4.69, 9.17) is 5.11 Å². The van der Waals surface area contributed by atoms with E-state index in [1.165, 1.54) is 37.7 Å². The lowest BCUT2D eigenvalue weighted by Gasteiger charge is -2.37.